The maximum absolute atomic E-state index is 9.84. The minimum atomic E-state index is -3.05. The Kier molecular flexibility index (Phi) is 16.5. The van der Waals surface area contributed by atoms with Crippen molar-refractivity contribution in [3.8, 4) is 0 Å². The first-order valence-corrected chi connectivity index (χ1v) is 12.9. The first-order valence-electron chi connectivity index (χ1n) is 11.1. The summed E-state index contributed by atoms with van der Waals surface area (Å²) in [4.78, 5) is 9.84. The third-order valence-corrected chi connectivity index (χ3v) is 6.63. The average molecular weight is 405 g/mol. The number of hydrogen-bond acceptors (Lipinski definition) is 5. The summed E-state index contributed by atoms with van der Waals surface area (Å²) in [7, 11) is -3.05. The van der Waals surface area contributed by atoms with E-state index in [1.807, 2.05) is 6.42 Å². The van der Waals surface area contributed by atoms with Gasteiger partial charge in [-0.05, 0) is 0 Å². The Morgan fingerprint density at radius 1 is 0.926 bits per heavy atom. The molecule has 0 atom stereocenters. The molecule has 1 aliphatic rings. The molecule has 1 saturated heterocycles. The summed E-state index contributed by atoms with van der Waals surface area (Å²) < 4.78 is 15.9. The fourth-order valence-corrected chi connectivity index (χ4v) is 4.55. The van der Waals surface area contributed by atoms with E-state index < -0.39 is 8.09 Å². The third kappa shape index (κ3) is 15.4. The molecule has 0 aromatic heterocycles. The second kappa shape index (κ2) is 17.9. The molecule has 5 nitrogen and oxygen atoms in total. The first kappa shape index (κ1) is 24.8. The Labute approximate surface area is 167 Å². The topological polar surface area (TPSA) is 60.0 Å². The molecule has 161 valence electrons. The molecule has 0 spiro atoms. The van der Waals surface area contributed by atoms with E-state index in [9.17, 15) is 4.89 Å². The zero-order valence-electron chi connectivity index (χ0n) is 17.4. The molecule has 2 N–H and O–H groups in total. The summed E-state index contributed by atoms with van der Waals surface area (Å²) in [5, 5.41) is 2.87. The summed E-state index contributed by atoms with van der Waals surface area (Å²) >= 11 is 0. The fourth-order valence-electron chi connectivity index (χ4n) is 3.12. The van der Waals surface area contributed by atoms with E-state index in [1.54, 1.807) is 6.26 Å². The Morgan fingerprint density at radius 3 is 2.15 bits per heavy atom. The van der Waals surface area contributed by atoms with E-state index in [2.05, 4.69) is 18.1 Å². The molecule has 0 saturated carbocycles. The van der Waals surface area contributed by atoms with E-state index in [0.29, 0.717) is 26.4 Å². The van der Waals surface area contributed by atoms with Crippen molar-refractivity contribution >= 4 is 8.09 Å². The van der Waals surface area contributed by atoms with Crippen LogP contribution in [0.15, 0.2) is 12.3 Å². The number of nitrogens with one attached hydrogen (secondary N) is 1. The van der Waals surface area contributed by atoms with Gasteiger partial charge in [0.05, 0.1) is 0 Å². The van der Waals surface area contributed by atoms with Gasteiger partial charge in [0.15, 0.2) is 0 Å². The zero-order chi connectivity index (χ0) is 19.5. The van der Waals surface area contributed by atoms with Gasteiger partial charge < -0.3 is 0 Å². The monoisotopic (exact) mass is 404 g/mol. The van der Waals surface area contributed by atoms with Crippen LogP contribution in [0, 0.1) is 6.42 Å². The number of ether oxygens (including phenoxy) is 1. The van der Waals surface area contributed by atoms with Crippen molar-refractivity contribution in [1.29, 1.82) is 0 Å². The van der Waals surface area contributed by atoms with Crippen molar-refractivity contribution < 1.29 is 18.7 Å². The van der Waals surface area contributed by atoms with Crippen LogP contribution in [0.25, 0.3) is 0 Å². The van der Waals surface area contributed by atoms with Gasteiger partial charge in [0.25, 0.3) is 0 Å². The Hall–Kier alpha value is -0.190. The van der Waals surface area contributed by atoms with Crippen molar-refractivity contribution in [3.05, 3.63) is 18.8 Å². The molecule has 0 bridgehead atoms. The molecule has 0 unspecified atom stereocenters. The van der Waals surface area contributed by atoms with Gasteiger partial charge in [-0.2, -0.15) is 0 Å². The average Bonchev–Trinajstić information content (AvgIpc) is 3.10. The van der Waals surface area contributed by atoms with Crippen LogP contribution in [-0.2, 0) is 13.8 Å². The van der Waals surface area contributed by atoms with Crippen molar-refractivity contribution in [3.63, 3.8) is 0 Å². The predicted molar refractivity (Wildman–Crippen MR) is 116 cm³/mol. The van der Waals surface area contributed by atoms with Crippen LogP contribution in [-0.4, -0.2) is 31.3 Å². The van der Waals surface area contributed by atoms with E-state index in [0.717, 1.165) is 6.42 Å². The summed E-state index contributed by atoms with van der Waals surface area (Å²) in [6, 6.07) is 0. The third-order valence-electron chi connectivity index (χ3n) is 4.78. The molecule has 1 aliphatic heterocycles. The van der Waals surface area contributed by atoms with Crippen molar-refractivity contribution in [1.82, 2.24) is 5.09 Å². The van der Waals surface area contributed by atoms with Crippen LogP contribution in [0.5, 0.6) is 0 Å². The Balaban J connectivity index is 1.72. The number of allylic oxidation sites excluding steroid dienone is 1. The number of unbranched alkanes of at least 4 members (excludes halogenated alkanes) is 12. The maximum atomic E-state index is 9.84. The van der Waals surface area contributed by atoms with Gasteiger partial charge in [-0.1, -0.05) is 58.3 Å². The van der Waals surface area contributed by atoms with E-state index in [4.69, 9.17) is 13.8 Å². The summed E-state index contributed by atoms with van der Waals surface area (Å²) in [5.74, 6) is 0. The van der Waals surface area contributed by atoms with Crippen LogP contribution >= 0.6 is 8.09 Å². The van der Waals surface area contributed by atoms with Gasteiger partial charge in [0.1, 0.15) is 0 Å². The second-order valence-corrected chi connectivity index (χ2v) is 9.43. The molecule has 1 radical (unpaired) electrons. The molecular weight excluding hydrogens is 361 g/mol. The second-order valence-electron chi connectivity index (χ2n) is 7.34. The molecule has 0 amide bonds. The Morgan fingerprint density at radius 2 is 1.56 bits per heavy atom. The van der Waals surface area contributed by atoms with Crippen molar-refractivity contribution in [2.75, 3.05) is 26.4 Å². The number of hydrogen-bond donors (Lipinski definition) is 2. The molecule has 27 heavy (non-hydrogen) atoms. The molecule has 1 fully saturated rings. The molecule has 0 aliphatic carbocycles. The molecule has 0 aromatic rings. The SMILES string of the molecule is CCCCCCCCCCCCCC/C=C\OC[CH]CO[PH]1(O)NCCO1. The van der Waals surface area contributed by atoms with Crippen LogP contribution in [0.1, 0.15) is 90.4 Å². The zero-order valence-corrected chi connectivity index (χ0v) is 18.4. The predicted octanol–water partition coefficient (Wildman–Crippen LogP) is 5.85. The van der Waals surface area contributed by atoms with Gasteiger partial charge in [-0.15, -0.1) is 0 Å². The molecule has 1 heterocycles. The Bertz CT molecular complexity index is 349. The summed E-state index contributed by atoms with van der Waals surface area (Å²) in [5.41, 5.74) is 0. The van der Waals surface area contributed by atoms with E-state index >= 15 is 0 Å². The summed E-state index contributed by atoms with van der Waals surface area (Å²) in [6.45, 7) is 4.27. The van der Waals surface area contributed by atoms with E-state index in [1.165, 1.54) is 77.0 Å². The molecule has 6 heteroatoms. The van der Waals surface area contributed by atoms with Crippen LogP contribution in [0.2, 0.25) is 0 Å². The van der Waals surface area contributed by atoms with Gasteiger partial charge in [0.2, 0.25) is 0 Å². The fraction of sp³-hybridized carbons (Fsp3) is 0.857. The quantitative estimate of drug-likeness (QED) is 0.161. The molecule has 1 rings (SSSR count). The molecular formula is C21H43NO4P. The first-order chi connectivity index (χ1) is 13.3. The van der Waals surface area contributed by atoms with Gasteiger partial charge in [-0.3, -0.25) is 0 Å². The van der Waals surface area contributed by atoms with Gasteiger partial charge in [-0.25, -0.2) is 0 Å². The van der Waals surface area contributed by atoms with Crippen molar-refractivity contribution in [2.45, 2.75) is 90.4 Å². The standard InChI is InChI=1S/C21H43NO4P/c1-2-3-4-5-6-7-8-9-10-11-12-13-14-15-18-24-19-16-20-25-27(23)22-17-21-26-27/h15-16,18,22-23,27H,2-14,17,19-21H2,1H3/b18-15-. The number of rotatable bonds is 19. The van der Waals surface area contributed by atoms with Gasteiger partial charge >= 0.3 is 109 Å². The molecule has 0 aromatic carbocycles. The summed E-state index contributed by atoms with van der Waals surface area (Å²) in [6.07, 6.45) is 23.4. The van der Waals surface area contributed by atoms with Crippen molar-refractivity contribution in [2.24, 2.45) is 0 Å². The van der Waals surface area contributed by atoms with Crippen LogP contribution in [0.3, 0.4) is 0 Å². The van der Waals surface area contributed by atoms with Gasteiger partial charge in [0, 0.05) is 0 Å². The normalized spacial score (nSPS) is 17.6. The minimum absolute atomic E-state index is 0.336. The van der Waals surface area contributed by atoms with Crippen LogP contribution < -0.4 is 5.09 Å². The van der Waals surface area contributed by atoms with E-state index in [-0.39, 0.29) is 0 Å². The van der Waals surface area contributed by atoms with Crippen LogP contribution in [0.4, 0.5) is 0 Å².